The quantitative estimate of drug-likeness (QED) is 0.435. The number of hydrogen-bond acceptors (Lipinski definition) is 7. The van der Waals surface area contributed by atoms with Crippen molar-refractivity contribution in [1.82, 2.24) is 10.9 Å². The maximum Gasteiger partial charge on any atom is 0.252 e. The molecule has 0 radical (unpaired) electrons. The van der Waals surface area contributed by atoms with Crippen molar-refractivity contribution >= 4 is 36.0 Å². The van der Waals surface area contributed by atoms with Crippen LogP contribution in [0.5, 0.6) is 11.5 Å². The molecule has 2 N–H and O–H groups in total. The molecule has 2 amide bonds. The lowest BCUT2D eigenvalue weighted by Gasteiger charge is -2.14. The summed E-state index contributed by atoms with van der Waals surface area (Å²) in [4.78, 5) is 24.5. The van der Waals surface area contributed by atoms with E-state index >= 15 is 0 Å². The van der Waals surface area contributed by atoms with Crippen molar-refractivity contribution in [3.8, 4) is 11.5 Å². The van der Waals surface area contributed by atoms with Crippen molar-refractivity contribution in [2.24, 2.45) is 10.2 Å². The molecular formula is C22H26N4O4S. The SMILES string of the molecule is COc1cccc(/C=N/NC(=O)C(C)SC(C)C(=O)N/N=C/c2cccc(OC)c2)c1. The zero-order chi connectivity index (χ0) is 22.6. The minimum Gasteiger partial charge on any atom is -0.497 e. The highest BCUT2D eigenvalue weighted by molar-refractivity contribution is 8.01. The van der Waals surface area contributed by atoms with Crippen LogP contribution in [0.15, 0.2) is 58.7 Å². The highest BCUT2D eigenvalue weighted by Gasteiger charge is 2.21. The average molecular weight is 443 g/mol. The predicted octanol–water partition coefficient (Wildman–Crippen LogP) is 2.81. The smallest absolute Gasteiger partial charge is 0.252 e. The Labute approximate surface area is 186 Å². The Bertz CT molecular complexity index is 873. The Balaban J connectivity index is 1.79. The summed E-state index contributed by atoms with van der Waals surface area (Å²) in [6.45, 7) is 3.43. The number of nitrogens with zero attached hydrogens (tertiary/aromatic N) is 2. The van der Waals surface area contributed by atoms with Crippen molar-refractivity contribution in [2.75, 3.05) is 14.2 Å². The zero-order valence-corrected chi connectivity index (χ0v) is 18.7. The molecule has 0 bridgehead atoms. The molecule has 9 heteroatoms. The van der Waals surface area contributed by atoms with Crippen molar-refractivity contribution in [2.45, 2.75) is 24.3 Å². The summed E-state index contributed by atoms with van der Waals surface area (Å²) >= 11 is 1.21. The first kappa shape index (κ1) is 23.9. The van der Waals surface area contributed by atoms with Gasteiger partial charge >= 0.3 is 0 Å². The molecule has 0 heterocycles. The first-order valence-corrected chi connectivity index (χ1v) is 10.5. The van der Waals surface area contributed by atoms with E-state index in [1.807, 2.05) is 36.4 Å². The fraction of sp³-hybridized carbons (Fsp3) is 0.273. The second-order valence-corrected chi connectivity index (χ2v) is 8.13. The number of carbonyl (C=O) groups excluding carboxylic acids is 2. The van der Waals surface area contributed by atoms with Crippen LogP contribution in [0.2, 0.25) is 0 Å². The van der Waals surface area contributed by atoms with Crippen molar-refractivity contribution in [1.29, 1.82) is 0 Å². The molecule has 0 saturated heterocycles. The van der Waals surface area contributed by atoms with Crippen LogP contribution in [0, 0.1) is 0 Å². The van der Waals surface area contributed by atoms with Gasteiger partial charge in [-0.2, -0.15) is 10.2 Å². The lowest BCUT2D eigenvalue weighted by Crippen LogP contribution is -2.33. The van der Waals surface area contributed by atoms with E-state index < -0.39 is 10.5 Å². The van der Waals surface area contributed by atoms with Gasteiger partial charge in [0.25, 0.3) is 11.8 Å². The fourth-order valence-electron chi connectivity index (χ4n) is 2.40. The molecule has 0 aliphatic rings. The third-order valence-corrected chi connectivity index (χ3v) is 5.36. The molecule has 0 spiro atoms. The topological polar surface area (TPSA) is 101 Å². The maximum atomic E-state index is 12.2. The third kappa shape index (κ3) is 8.13. The van der Waals surface area contributed by atoms with E-state index in [4.69, 9.17) is 9.47 Å². The molecule has 164 valence electrons. The van der Waals surface area contributed by atoms with E-state index in [1.165, 1.54) is 24.2 Å². The highest BCUT2D eigenvalue weighted by Crippen LogP contribution is 2.18. The largest absolute Gasteiger partial charge is 0.497 e. The molecule has 0 aliphatic carbocycles. The Hall–Kier alpha value is -3.33. The number of benzene rings is 2. The monoisotopic (exact) mass is 442 g/mol. The first-order chi connectivity index (χ1) is 14.9. The molecule has 31 heavy (non-hydrogen) atoms. The second kappa shape index (κ2) is 12.4. The average Bonchev–Trinajstić information content (AvgIpc) is 2.79. The Kier molecular flexibility index (Phi) is 9.57. The van der Waals surface area contributed by atoms with Gasteiger partial charge in [-0.15, -0.1) is 11.8 Å². The van der Waals surface area contributed by atoms with Crippen LogP contribution in [-0.4, -0.2) is 49.0 Å². The Morgan fingerprint density at radius 2 is 1.26 bits per heavy atom. The van der Waals surface area contributed by atoms with E-state index in [1.54, 1.807) is 40.2 Å². The van der Waals surface area contributed by atoms with Gasteiger partial charge < -0.3 is 9.47 Å². The normalized spacial score (nSPS) is 13.0. The number of hydrazone groups is 2. The minimum atomic E-state index is -0.481. The van der Waals surface area contributed by atoms with Gasteiger partial charge in [0, 0.05) is 0 Å². The van der Waals surface area contributed by atoms with Gasteiger partial charge in [0.05, 0.1) is 37.1 Å². The molecule has 2 aromatic carbocycles. The molecule has 0 fully saturated rings. The minimum absolute atomic E-state index is 0.302. The van der Waals surface area contributed by atoms with E-state index in [9.17, 15) is 9.59 Å². The van der Waals surface area contributed by atoms with Gasteiger partial charge in [0.15, 0.2) is 0 Å². The van der Waals surface area contributed by atoms with Gasteiger partial charge in [-0.05, 0) is 49.2 Å². The number of methoxy groups -OCH3 is 2. The van der Waals surface area contributed by atoms with Gasteiger partial charge in [0.2, 0.25) is 0 Å². The molecular weight excluding hydrogens is 416 g/mol. The molecule has 2 atom stereocenters. The summed E-state index contributed by atoms with van der Waals surface area (Å²) in [5.74, 6) is 0.800. The zero-order valence-electron chi connectivity index (χ0n) is 17.9. The summed E-state index contributed by atoms with van der Waals surface area (Å²) in [6.07, 6.45) is 3.06. The molecule has 2 unspecified atom stereocenters. The van der Waals surface area contributed by atoms with E-state index in [0.29, 0.717) is 11.5 Å². The van der Waals surface area contributed by atoms with Crippen molar-refractivity contribution < 1.29 is 19.1 Å². The van der Waals surface area contributed by atoms with Gasteiger partial charge in [-0.25, -0.2) is 10.9 Å². The molecule has 0 aromatic heterocycles. The fourth-order valence-corrected chi connectivity index (χ4v) is 3.36. The number of nitrogens with one attached hydrogen (secondary N) is 2. The lowest BCUT2D eigenvalue weighted by atomic mass is 10.2. The third-order valence-electron chi connectivity index (χ3n) is 4.11. The van der Waals surface area contributed by atoms with Gasteiger partial charge in [0.1, 0.15) is 11.5 Å². The number of amides is 2. The van der Waals surface area contributed by atoms with E-state index in [0.717, 1.165) is 11.1 Å². The highest BCUT2D eigenvalue weighted by atomic mass is 32.2. The lowest BCUT2D eigenvalue weighted by molar-refractivity contribution is -0.120. The first-order valence-electron chi connectivity index (χ1n) is 9.52. The van der Waals surface area contributed by atoms with E-state index in [2.05, 4.69) is 21.1 Å². The molecule has 0 aliphatic heterocycles. The summed E-state index contributed by atoms with van der Waals surface area (Å²) in [5, 5.41) is 6.96. The van der Waals surface area contributed by atoms with Crippen LogP contribution in [0.25, 0.3) is 0 Å². The summed E-state index contributed by atoms with van der Waals surface area (Å²) in [7, 11) is 3.16. The maximum absolute atomic E-state index is 12.2. The standard InChI is InChI=1S/C22H26N4O4S/c1-15(21(27)25-23-13-17-7-5-9-19(11-17)29-3)31-16(2)22(28)26-24-14-18-8-6-10-20(12-18)30-4/h5-16H,1-4H3,(H,25,27)(H,26,28)/b23-13+,24-14+. The summed E-state index contributed by atoms with van der Waals surface area (Å²) in [5.41, 5.74) is 6.55. The molecule has 2 rings (SSSR count). The Morgan fingerprint density at radius 1 is 0.839 bits per heavy atom. The van der Waals surface area contributed by atoms with Crippen LogP contribution in [0.3, 0.4) is 0 Å². The van der Waals surface area contributed by atoms with Crippen molar-refractivity contribution in [3.05, 3.63) is 59.7 Å². The van der Waals surface area contributed by atoms with E-state index in [-0.39, 0.29) is 11.8 Å². The number of carbonyl (C=O) groups is 2. The van der Waals surface area contributed by atoms with Crippen molar-refractivity contribution in [3.63, 3.8) is 0 Å². The summed E-state index contributed by atoms with van der Waals surface area (Å²) < 4.78 is 10.3. The van der Waals surface area contributed by atoms with Crippen LogP contribution in [0.1, 0.15) is 25.0 Å². The number of rotatable bonds is 10. The van der Waals surface area contributed by atoms with Crippen LogP contribution < -0.4 is 20.3 Å². The van der Waals surface area contributed by atoms with Crippen LogP contribution in [0.4, 0.5) is 0 Å². The van der Waals surface area contributed by atoms with Gasteiger partial charge in [-0.3, -0.25) is 9.59 Å². The second-order valence-electron chi connectivity index (χ2n) is 6.44. The summed E-state index contributed by atoms with van der Waals surface area (Å²) in [6, 6.07) is 14.6. The molecule has 8 nitrogen and oxygen atoms in total. The predicted molar refractivity (Wildman–Crippen MR) is 124 cm³/mol. The molecule has 0 saturated carbocycles. The van der Waals surface area contributed by atoms with Crippen LogP contribution >= 0.6 is 11.8 Å². The van der Waals surface area contributed by atoms with Gasteiger partial charge in [-0.1, -0.05) is 24.3 Å². The molecule has 2 aromatic rings. The number of ether oxygens (including phenoxy) is 2. The number of hydrogen-bond donors (Lipinski definition) is 2. The Morgan fingerprint density at radius 3 is 1.65 bits per heavy atom. The number of thioether (sulfide) groups is 1. The van der Waals surface area contributed by atoms with Crippen LogP contribution in [-0.2, 0) is 9.59 Å².